The van der Waals surface area contributed by atoms with Gasteiger partial charge in [-0.1, -0.05) is 0 Å². The van der Waals surface area contributed by atoms with Gasteiger partial charge < -0.3 is 9.88 Å². The van der Waals surface area contributed by atoms with Gasteiger partial charge in [0, 0.05) is 44.6 Å². The highest BCUT2D eigenvalue weighted by atomic mass is 15.2. The van der Waals surface area contributed by atoms with Crippen LogP contribution in [0.3, 0.4) is 0 Å². The minimum Gasteiger partial charge on any atom is -0.347 e. The van der Waals surface area contributed by atoms with E-state index in [4.69, 9.17) is 0 Å². The van der Waals surface area contributed by atoms with Crippen LogP contribution in [-0.4, -0.2) is 53.0 Å². The standard InChI is InChI=1S/C9H16N4/c1-12-2-4-13(5-3-12)7-9-6-10-8-11-9/h6,8H,2-5,7H2,1H3,(H,10,11). The van der Waals surface area contributed by atoms with Crippen LogP contribution in [0.15, 0.2) is 12.5 Å². The molecule has 0 unspecified atom stereocenters. The molecule has 0 radical (unpaired) electrons. The van der Waals surface area contributed by atoms with Crippen LogP contribution in [0.5, 0.6) is 0 Å². The van der Waals surface area contributed by atoms with Crippen molar-refractivity contribution in [3.05, 3.63) is 18.2 Å². The fourth-order valence-electron chi connectivity index (χ4n) is 1.62. The Bertz CT molecular complexity index is 236. The Labute approximate surface area is 78.6 Å². The molecule has 13 heavy (non-hydrogen) atoms. The largest absolute Gasteiger partial charge is 0.347 e. The number of likely N-dealkylation sites (N-methyl/N-ethyl adjacent to an activating group) is 1. The molecular formula is C9H16N4. The molecule has 0 bridgehead atoms. The molecule has 4 heteroatoms. The molecule has 4 nitrogen and oxygen atoms in total. The number of nitrogens with one attached hydrogen (secondary N) is 1. The summed E-state index contributed by atoms with van der Waals surface area (Å²) in [5.41, 5.74) is 1.21. The Morgan fingerprint density at radius 2 is 2.15 bits per heavy atom. The minimum absolute atomic E-state index is 1.01. The highest BCUT2D eigenvalue weighted by Gasteiger charge is 2.13. The molecule has 1 saturated heterocycles. The molecule has 1 aliphatic rings. The minimum atomic E-state index is 1.01. The summed E-state index contributed by atoms with van der Waals surface area (Å²) in [4.78, 5) is 12.0. The van der Waals surface area contributed by atoms with E-state index in [1.165, 1.54) is 18.8 Å². The maximum Gasteiger partial charge on any atom is 0.0922 e. The summed E-state index contributed by atoms with van der Waals surface area (Å²) in [7, 11) is 2.17. The lowest BCUT2D eigenvalue weighted by atomic mass is 10.3. The van der Waals surface area contributed by atoms with Gasteiger partial charge in [-0.2, -0.15) is 0 Å². The third-order valence-electron chi connectivity index (χ3n) is 2.54. The molecule has 1 fully saturated rings. The molecule has 1 aromatic rings. The third kappa shape index (κ3) is 2.29. The summed E-state index contributed by atoms with van der Waals surface area (Å²) in [6.07, 6.45) is 3.64. The Kier molecular flexibility index (Phi) is 2.61. The number of hydrogen-bond acceptors (Lipinski definition) is 3. The van der Waals surface area contributed by atoms with Gasteiger partial charge in [0.05, 0.1) is 6.33 Å². The van der Waals surface area contributed by atoms with Crippen molar-refractivity contribution in [3.8, 4) is 0 Å². The number of aromatic amines is 1. The normalized spacial score (nSPS) is 20.7. The van der Waals surface area contributed by atoms with Gasteiger partial charge in [0.2, 0.25) is 0 Å². The van der Waals surface area contributed by atoms with Crippen LogP contribution >= 0.6 is 0 Å². The van der Waals surface area contributed by atoms with Crippen molar-refractivity contribution in [1.82, 2.24) is 19.8 Å². The molecule has 0 aliphatic carbocycles. The van der Waals surface area contributed by atoms with Crippen LogP contribution in [0, 0.1) is 0 Å². The third-order valence-corrected chi connectivity index (χ3v) is 2.54. The SMILES string of the molecule is CN1CCN(Cc2cnc[nH]2)CC1. The van der Waals surface area contributed by atoms with Crippen molar-refractivity contribution in [1.29, 1.82) is 0 Å². The van der Waals surface area contributed by atoms with Gasteiger partial charge in [0.15, 0.2) is 0 Å². The number of aromatic nitrogens is 2. The molecule has 0 atom stereocenters. The second-order valence-electron chi connectivity index (χ2n) is 3.66. The number of nitrogens with zero attached hydrogens (tertiary/aromatic N) is 3. The summed E-state index contributed by atoms with van der Waals surface area (Å²) in [5, 5.41) is 0. The number of hydrogen-bond donors (Lipinski definition) is 1. The lowest BCUT2D eigenvalue weighted by Crippen LogP contribution is -2.43. The van der Waals surface area contributed by atoms with Crippen LogP contribution in [0.1, 0.15) is 5.69 Å². The average molecular weight is 180 g/mol. The van der Waals surface area contributed by atoms with Crippen molar-refractivity contribution in [2.75, 3.05) is 33.2 Å². The van der Waals surface area contributed by atoms with E-state index in [1.807, 2.05) is 6.20 Å². The Hall–Kier alpha value is -0.870. The highest BCUT2D eigenvalue weighted by Crippen LogP contribution is 2.03. The zero-order valence-corrected chi connectivity index (χ0v) is 8.03. The lowest BCUT2D eigenvalue weighted by molar-refractivity contribution is 0.147. The zero-order chi connectivity index (χ0) is 9.10. The van der Waals surface area contributed by atoms with E-state index in [9.17, 15) is 0 Å². The van der Waals surface area contributed by atoms with Crippen molar-refractivity contribution in [3.63, 3.8) is 0 Å². The van der Waals surface area contributed by atoms with E-state index in [0.29, 0.717) is 0 Å². The number of piperazine rings is 1. The second kappa shape index (κ2) is 3.89. The first-order chi connectivity index (χ1) is 6.34. The molecule has 2 heterocycles. The van der Waals surface area contributed by atoms with Crippen LogP contribution in [-0.2, 0) is 6.54 Å². The van der Waals surface area contributed by atoms with Crippen LogP contribution in [0.25, 0.3) is 0 Å². The summed E-state index contributed by atoms with van der Waals surface area (Å²) in [5.74, 6) is 0. The lowest BCUT2D eigenvalue weighted by Gasteiger charge is -2.31. The molecule has 72 valence electrons. The Morgan fingerprint density at radius 3 is 2.77 bits per heavy atom. The second-order valence-corrected chi connectivity index (χ2v) is 3.66. The molecule has 0 saturated carbocycles. The predicted octanol–water partition coefficient (Wildman–Crippen LogP) is 0.157. The molecule has 2 rings (SSSR count). The molecule has 0 aromatic carbocycles. The van der Waals surface area contributed by atoms with Gasteiger partial charge >= 0.3 is 0 Å². The first-order valence-corrected chi connectivity index (χ1v) is 4.73. The first-order valence-electron chi connectivity index (χ1n) is 4.73. The molecule has 0 spiro atoms. The van der Waals surface area contributed by atoms with Crippen LogP contribution < -0.4 is 0 Å². The summed E-state index contributed by atoms with van der Waals surface area (Å²) < 4.78 is 0. The van der Waals surface area contributed by atoms with E-state index < -0.39 is 0 Å². The molecule has 0 amide bonds. The van der Waals surface area contributed by atoms with Gasteiger partial charge in [-0.3, -0.25) is 4.90 Å². The van der Waals surface area contributed by atoms with Gasteiger partial charge in [-0.25, -0.2) is 4.98 Å². The predicted molar refractivity (Wildman–Crippen MR) is 51.4 cm³/mol. The van der Waals surface area contributed by atoms with Crippen molar-refractivity contribution in [2.24, 2.45) is 0 Å². The average Bonchev–Trinajstić information content (AvgIpc) is 2.62. The fraction of sp³-hybridized carbons (Fsp3) is 0.667. The number of H-pyrrole nitrogens is 1. The van der Waals surface area contributed by atoms with E-state index in [0.717, 1.165) is 19.6 Å². The van der Waals surface area contributed by atoms with Crippen molar-refractivity contribution >= 4 is 0 Å². The molecular weight excluding hydrogens is 164 g/mol. The van der Waals surface area contributed by atoms with Gasteiger partial charge in [-0.15, -0.1) is 0 Å². The van der Waals surface area contributed by atoms with Gasteiger partial charge in [-0.05, 0) is 7.05 Å². The Balaban J connectivity index is 1.83. The molecule has 1 aromatic heterocycles. The van der Waals surface area contributed by atoms with E-state index >= 15 is 0 Å². The van der Waals surface area contributed by atoms with Crippen LogP contribution in [0.2, 0.25) is 0 Å². The van der Waals surface area contributed by atoms with Crippen molar-refractivity contribution < 1.29 is 0 Å². The van der Waals surface area contributed by atoms with E-state index in [2.05, 4.69) is 26.8 Å². The molecule has 1 aliphatic heterocycles. The van der Waals surface area contributed by atoms with Crippen LogP contribution in [0.4, 0.5) is 0 Å². The molecule has 1 N–H and O–H groups in total. The summed E-state index contributed by atoms with van der Waals surface area (Å²) >= 11 is 0. The zero-order valence-electron chi connectivity index (χ0n) is 8.03. The number of rotatable bonds is 2. The van der Waals surface area contributed by atoms with Gasteiger partial charge in [0.25, 0.3) is 0 Å². The summed E-state index contributed by atoms with van der Waals surface area (Å²) in [6, 6.07) is 0. The smallest absolute Gasteiger partial charge is 0.0922 e. The monoisotopic (exact) mass is 180 g/mol. The van der Waals surface area contributed by atoms with E-state index in [1.54, 1.807) is 6.33 Å². The maximum atomic E-state index is 4.01. The quantitative estimate of drug-likeness (QED) is 0.704. The highest BCUT2D eigenvalue weighted by molar-refractivity contribution is 4.94. The van der Waals surface area contributed by atoms with Gasteiger partial charge in [0.1, 0.15) is 0 Å². The first kappa shape index (κ1) is 8.72. The fourth-order valence-corrected chi connectivity index (χ4v) is 1.62. The Morgan fingerprint density at radius 1 is 1.38 bits per heavy atom. The number of imidazole rings is 1. The topological polar surface area (TPSA) is 35.2 Å². The van der Waals surface area contributed by atoms with E-state index in [-0.39, 0.29) is 0 Å². The van der Waals surface area contributed by atoms with Crippen molar-refractivity contribution in [2.45, 2.75) is 6.54 Å². The summed E-state index contributed by atoms with van der Waals surface area (Å²) in [6.45, 7) is 5.68. The maximum absolute atomic E-state index is 4.01.